The second kappa shape index (κ2) is 14.0. The van der Waals surface area contributed by atoms with Gasteiger partial charge in [0, 0.05) is 66.2 Å². The second-order valence-corrected chi connectivity index (χ2v) is 19.7. The van der Waals surface area contributed by atoms with Gasteiger partial charge in [-0.3, -0.25) is 0 Å². The van der Waals surface area contributed by atoms with Gasteiger partial charge in [-0.15, -0.1) is 23.1 Å². The third-order valence-electron chi connectivity index (χ3n) is 13.9. The average Bonchev–Trinajstić information content (AvgIpc) is 3.88. The van der Waals surface area contributed by atoms with E-state index in [1.54, 1.807) is 0 Å². The van der Waals surface area contributed by atoms with E-state index in [0.717, 1.165) is 38.8 Å². The summed E-state index contributed by atoms with van der Waals surface area (Å²) in [5.41, 5.74) is 16.2. The first-order valence-electron chi connectivity index (χ1n) is 22.0. The molecular formula is C57H44N2S2. The van der Waals surface area contributed by atoms with Gasteiger partial charge in [0.1, 0.15) is 0 Å². The van der Waals surface area contributed by atoms with Crippen molar-refractivity contribution >= 4 is 98.7 Å². The van der Waals surface area contributed by atoms with Crippen molar-refractivity contribution in [1.82, 2.24) is 0 Å². The standard InChI is InChI=1S/C57H44N2S2/c1-35-30-39(32-49-43-17-5-9-21-53(43)61-57(35)49)56-45-26-24-40(58-28-10-14-36-12-2-6-18-50(36)58)33-47(45)55(38-22-27-54-46(31-38)42-16-4-8-20-52(42)60-54)44-25-23-41(34-48(44)56)59-29-11-15-37-13-3-7-19-51(37)59/h2-9,12-13,16-27,30-35,57H,10-11,14-15,28-29H2,1H3. The maximum absolute atomic E-state index is 2.59. The molecule has 2 atom stereocenters. The van der Waals surface area contributed by atoms with E-state index in [2.05, 4.69) is 181 Å². The number of para-hydroxylation sites is 2. The van der Waals surface area contributed by atoms with Crippen LogP contribution in [-0.4, -0.2) is 18.3 Å². The number of fused-ring (bicyclic) bond motifs is 10. The summed E-state index contributed by atoms with van der Waals surface area (Å²) >= 11 is 3.93. The van der Waals surface area contributed by atoms with Crippen LogP contribution in [0.4, 0.5) is 22.7 Å². The molecule has 2 nitrogen and oxygen atoms in total. The van der Waals surface area contributed by atoms with Crippen molar-refractivity contribution in [1.29, 1.82) is 0 Å². The number of allylic oxidation sites excluding steroid dienone is 3. The summed E-state index contributed by atoms with van der Waals surface area (Å²) in [6, 6.07) is 58.1. The van der Waals surface area contributed by atoms with Crippen LogP contribution in [0.5, 0.6) is 0 Å². The predicted molar refractivity (Wildman–Crippen MR) is 265 cm³/mol. The first-order valence-corrected chi connectivity index (χ1v) is 23.7. The summed E-state index contributed by atoms with van der Waals surface area (Å²) in [6.07, 6.45) is 9.69. The number of benzene rings is 8. The van der Waals surface area contributed by atoms with Gasteiger partial charge in [-0.25, -0.2) is 0 Å². The second-order valence-electron chi connectivity index (χ2n) is 17.4. The zero-order valence-electron chi connectivity index (χ0n) is 34.2. The number of aryl methyl sites for hydroxylation is 2. The lowest BCUT2D eigenvalue weighted by molar-refractivity contribution is 0.767. The molecular weight excluding hydrogens is 777 g/mol. The Morgan fingerprint density at radius 3 is 1.90 bits per heavy atom. The monoisotopic (exact) mass is 820 g/mol. The highest BCUT2D eigenvalue weighted by atomic mass is 32.2. The van der Waals surface area contributed by atoms with Crippen LogP contribution in [0.15, 0.2) is 169 Å². The minimum Gasteiger partial charge on any atom is -0.341 e. The van der Waals surface area contributed by atoms with Crippen LogP contribution < -0.4 is 9.80 Å². The molecule has 9 aromatic rings. The molecule has 8 aromatic carbocycles. The molecule has 4 aliphatic rings. The number of rotatable bonds is 4. The Morgan fingerprint density at radius 1 is 0.525 bits per heavy atom. The highest BCUT2D eigenvalue weighted by molar-refractivity contribution is 8.00. The van der Waals surface area contributed by atoms with Crippen LogP contribution in [-0.2, 0) is 12.8 Å². The van der Waals surface area contributed by atoms with E-state index < -0.39 is 0 Å². The fourth-order valence-electron chi connectivity index (χ4n) is 11.1. The van der Waals surface area contributed by atoms with E-state index in [4.69, 9.17) is 0 Å². The molecule has 0 N–H and O–H groups in total. The molecule has 0 radical (unpaired) electrons. The average molecular weight is 821 g/mol. The molecule has 3 aliphatic heterocycles. The van der Waals surface area contributed by atoms with E-state index in [9.17, 15) is 0 Å². The van der Waals surface area contributed by atoms with Crippen LogP contribution in [0.1, 0.15) is 42.0 Å². The summed E-state index contributed by atoms with van der Waals surface area (Å²) in [7, 11) is 0. The lowest BCUT2D eigenvalue weighted by atomic mass is 9.80. The van der Waals surface area contributed by atoms with Crippen molar-refractivity contribution in [3.05, 3.63) is 186 Å². The SMILES string of the molecule is CC1C=C(c2c3cc(N4CCCc5ccccc54)ccc3c(-c3ccc4sc5ccccc5c4c3)c3cc(N4CCCc5ccccc54)ccc23)C=C2c3ccccc3SC21. The van der Waals surface area contributed by atoms with E-state index >= 15 is 0 Å². The first kappa shape index (κ1) is 35.7. The van der Waals surface area contributed by atoms with Crippen LogP contribution in [0.2, 0.25) is 0 Å². The molecule has 0 amide bonds. The van der Waals surface area contributed by atoms with E-state index in [0.29, 0.717) is 11.2 Å². The fourth-order valence-corrected chi connectivity index (χ4v) is 13.5. The Balaban J connectivity index is 1.12. The molecule has 2 unspecified atom stereocenters. The predicted octanol–water partition coefficient (Wildman–Crippen LogP) is 15.8. The van der Waals surface area contributed by atoms with Gasteiger partial charge in [-0.05, 0) is 164 Å². The van der Waals surface area contributed by atoms with Gasteiger partial charge in [0.25, 0.3) is 0 Å². The lowest BCUT2D eigenvalue weighted by Crippen LogP contribution is -2.24. The van der Waals surface area contributed by atoms with Gasteiger partial charge in [-0.2, -0.15) is 0 Å². The van der Waals surface area contributed by atoms with E-state index in [-0.39, 0.29) is 0 Å². The minimum atomic E-state index is 0.382. The van der Waals surface area contributed by atoms with Gasteiger partial charge in [0.15, 0.2) is 0 Å². The molecule has 0 saturated heterocycles. The van der Waals surface area contributed by atoms with Gasteiger partial charge in [-0.1, -0.05) is 104 Å². The topological polar surface area (TPSA) is 6.48 Å². The number of hydrogen-bond acceptors (Lipinski definition) is 4. The zero-order valence-corrected chi connectivity index (χ0v) is 35.8. The smallest absolute Gasteiger partial charge is 0.0443 e. The molecule has 1 aliphatic carbocycles. The Hall–Kier alpha value is -6.07. The Kier molecular flexibility index (Phi) is 8.18. The Bertz CT molecular complexity index is 3350. The molecule has 0 bridgehead atoms. The zero-order chi connectivity index (χ0) is 40.2. The highest BCUT2D eigenvalue weighted by Gasteiger charge is 2.35. The number of hydrogen-bond donors (Lipinski definition) is 0. The summed E-state index contributed by atoms with van der Waals surface area (Å²) in [4.78, 5) is 6.54. The van der Waals surface area contributed by atoms with Crippen molar-refractivity contribution < 1.29 is 0 Å². The lowest BCUT2D eigenvalue weighted by Gasteiger charge is -2.33. The third kappa shape index (κ3) is 5.62. The molecule has 0 spiro atoms. The van der Waals surface area contributed by atoms with Crippen LogP contribution in [0.25, 0.3) is 64.0 Å². The van der Waals surface area contributed by atoms with Gasteiger partial charge in [0.2, 0.25) is 0 Å². The maximum Gasteiger partial charge on any atom is 0.0443 e. The molecule has 4 heteroatoms. The van der Waals surface area contributed by atoms with Crippen molar-refractivity contribution in [2.45, 2.75) is 42.8 Å². The Labute approximate surface area is 365 Å². The number of nitrogens with zero attached hydrogens (tertiary/aromatic N) is 2. The molecule has 0 saturated carbocycles. The van der Waals surface area contributed by atoms with Crippen molar-refractivity contribution in [3.8, 4) is 11.1 Å². The largest absolute Gasteiger partial charge is 0.341 e. The quantitative estimate of drug-likeness (QED) is 0.163. The van der Waals surface area contributed by atoms with Gasteiger partial charge < -0.3 is 9.80 Å². The maximum atomic E-state index is 2.59. The Morgan fingerprint density at radius 2 is 1.15 bits per heavy atom. The number of thiophene rings is 1. The number of thioether (sulfide) groups is 1. The molecule has 61 heavy (non-hydrogen) atoms. The number of anilines is 4. The first-order chi connectivity index (χ1) is 30.1. The van der Waals surface area contributed by atoms with E-state index in [1.807, 2.05) is 23.1 Å². The minimum absolute atomic E-state index is 0.382. The molecule has 1 aromatic heterocycles. The molecule has 0 fully saturated rings. The van der Waals surface area contributed by atoms with Crippen LogP contribution in [0.3, 0.4) is 0 Å². The summed E-state index contributed by atoms with van der Waals surface area (Å²) in [6.45, 7) is 4.46. The summed E-state index contributed by atoms with van der Waals surface area (Å²) in [5.74, 6) is 0.382. The van der Waals surface area contributed by atoms with Crippen molar-refractivity contribution in [3.63, 3.8) is 0 Å². The van der Waals surface area contributed by atoms with Crippen LogP contribution >= 0.6 is 23.1 Å². The summed E-state index contributed by atoms with van der Waals surface area (Å²) in [5, 5.41) is 8.36. The van der Waals surface area contributed by atoms with E-state index in [1.165, 1.54) is 114 Å². The van der Waals surface area contributed by atoms with Gasteiger partial charge in [0.05, 0.1) is 0 Å². The fraction of sp³-hybridized carbons (Fsp3) is 0.158. The van der Waals surface area contributed by atoms with Crippen LogP contribution in [0, 0.1) is 5.92 Å². The molecule has 13 rings (SSSR count). The highest BCUT2D eigenvalue weighted by Crippen LogP contribution is 2.54. The van der Waals surface area contributed by atoms with Crippen molar-refractivity contribution in [2.75, 3.05) is 22.9 Å². The molecule has 294 valence electrons. The summed E-state index contributed by atoms with van der Waals surface area (Å²) < 4.78 is 2.68. The van der Waals surface area contributed by atoms with Crippen molar-refractivity contribution in [2.24, 2.45) is 5.92 Å². The normalized spacial score (nSPS) is 18.2. The van der Waals surface area contributed by atoms with Gasteiger partial charge >= 0.3 is 0 Å². The molecule has 4 heterocycles. The third-order valence-corrected chi connectivity index (χ3v) is 16.6.